The largest absolute Gasteiger partial charge is 0.319 e. The second-order valence-electron chi connectivity index (χ2n) is 3.47. The number of nitro groups is 1. The maximum absolute atomic E-state index is 13.6. The van der Waals surface area contributed by atoms with E-state index in [2.05, 4.69) is 21.2 Å². The van der Waals surface area contributed by atoms with E-state index in [1.807, 2.05) is 0 Å². The third-order valence-corrected chi connectivity index (χ3v) is 4.07. The first-order valence-corrected chi connectivity index (χ1v) is 6.64. The molecule has 0 spiro atoms. The quantitative estimate of drug-likeness (QED) is 0.679. The second-order valence-corrected chi connectivity index (χ2v) is 5.24. The molecule has 0 aliphatic carbocycles. The predicted octanol–water partition coefficient (Wildman–Crippen LogP) is 3.81. The van der Waals surface area contributed by atoms with Crippen molar-refractivity contribution >= 4 is 44.5 Å². The van der Waals surface area contributed by atoms with Gasteiger partial charge in [0.15, 0.2) is 5.82 Å². The summed E-state index contributed by atoms with van der Waals surface area (Å²) in [6.07, 6.45) is 0. The Morgan fingerprint density at radius 3 is 2.68 bits per heavy atom. The lowest BCUT2D eigenvalue weighted by atomic mass is 10.2. The summed E-state index contributed by atoms with van der Waals surface area (Å²) < 4.78 is 14.2. The van der Waals surface area contributed by atoms with E-state index in [1.165, 1.54) is 11.3 Å². The average Bonchev–Trinajstić information content (AvgIpc) is 2.77. The molecule has 0 fully saturated rings. The molecule has 0 atom stereocenters. The molecule has 8 heteroatoms. The van der Waals surface area contributed by atoms with Crippen LogP contribution in [0, 0.1) is 15.9 Å². The van der Waals surface area contributed by atoms with Crippen LogP contribution in [0.2, 0.25) is 0 Å². The highest BCUT2D eigenvalue weighted by molar-refractivity contribution is 9.10. The summed E-state index contributed by atoms with van der Waals surface area (Å²) in [6.45, 7) is 0. The first-order valence-electron chi connectivity index (χ1n) is 4.97. The van der Waals surface area contributed by atoms with Crippen LogP contribution < -0.4 is 5.32 Å². The molecule has 1 amide bonds. The first kappa shape index (κ1) is 13.6. The average molecular weight is 345 g/mol. The van der Waals surface area contributed by atoms with Crippen LogP contribution in [0.4, 0.5) is 15.8 Å². The van der Waals surface area contributed by atoms with Gasteiger partial charge in [-0.2, -0.15) is 0 Å². The van der Waals surface area contributed by atoms with Crippen LogP contribution in [-0.4, -0.2) is 10.8 Å². The van der Waals surface area contributed by atoms with Gasteiger partial charge in [0, 0.05) is 10.5 Å². The Bertz CT molecular complexity index is 659. The second kappa shape index (κ2) is 5.45. The molecule has 0 aliphatic rings. The van der Waals surface area contributed by atoms with Gasteiger partial charge in [0.05, 0.1) is 16.7 Å². The fourth-order valence-corrected chi connectivity index (χ4v) is 2.80. The van der Waals surface area contributed by atoms with Crippen LogP contribution in [0.25, 0.3) is 0 Å². The minimum Gasteiger partial charge on any atom is -0.319 e. The number of benzene rings is 1. The highest BCUT2D eigenvalue weighted by Gasteiger charge is 2.16. The Kier molecular flexibility index (Phi) is 3.91. The van der Waals surface area contributed by atoms with Gasteiger partial charge in [0.1, 0.15) is 4.88 Å². The van der Waals surface area contributed by atoms with Crippen LogP contribution >= 0.6 is 27.3 Å². The number of hydrogen-bond donors (Lipinski definition) is 1. The summed E-state index contributed by atoms with van der Waals surface area (Å²) in [4.78, 5) is 22.0. The van der Waals surface area contributed by atoms with Crippen molar-refractivity contribution in [1.29, 1.82) is 0 Å². The summed E-state index contributed by atoms with van der Waals surface area (Å²) in [6, 6.07) is 4.75. The van der Waals surface area contributed by atoms with Crippen molar-refractivity contribution in [1.82, 2.24) is 0 Å². The Balaban J connectivity index is 2.23. The molecule has 0 bridgehead atoms. The number of thiophene rings is 1. The van der Waals surface area contributed by atoms with E-state index >= 15 is 0 Å². The van der Waals surface area contributed by atoms with Crippen LogP contribution in [-0.2, 0) is 0 Å². The number of amides is 1. The molecule has 98 valence electrons. The van der Waals surface area contributed by atoms with Crippen LogP contribution in [0.1, 0.15) is 9.67 Å². The molecule has 2 rings (SSSR count). The van der Waals surface area contributed by atoms with Gasteiger partial charge >= 0.3 is 0 Å². The highest BCUT2D eigenvalue weighted by atomic mass is 79.9. The van der Waals surface area contributed by atoms with Crippen LogP contribution in [0.15, 0.2) is 34.1 Å². The van der Waals surface area contributed by atoms with E-state index in [-0.39, 0.29) is 11.4 Å². The lowest BCUT2D eigenvalue weighted by molar-refractivity contribution is -0.385. The lowest BCUT2D eigenvalue weighted by Crippen LogP contribution is -2.12. The Labute approximate surface area is 119 Å². The van der Waals surface area contributed by atoms with Gasteiger partial charge in [-0.05, 0) is 33.4 Å². The summed E-state index contributed by atoms with van der Waals surface area (Å²) in [7, 11) is 0. The Morgan fingerprint density at radius 2 is 2.16 bits per heavy atom. The van der Waals surface area contributed by atoms with Gasteiger partial charge in [-0.25, -0.2) is 4.39 Å². The van der Waals surface area contributed by atoms with E-state index in [0.717, 1.165) is 18.2 Å². The topological polar surface area (TPSA) is 72.2 Å². The van der Waals surface area contributed by atoms with E-state index in [4.69, 9.17) is 0 Å². The molecule has 0 unspecified atom stereocenters. The van der Waals surface area contributed by atoms with Gasteiger partial charge < -0.3 is 5.32 Å². The molecule has 0 aliphatic heterocycles. The van der Waals surface area contributed by atoms with Crippen LogP contribution in [0.3, 0.4) is 0 Å². The van der Waals surface area contributed by atoms with Gasteiger partial charge in [-0.1, -0.05) is 0 Å². The molecule has 1 N–H and O–H groups in total. The molecule has 2 aromatic rings. The summed E-state index contributed by atoms with van der Waals surface area (Å²) in [5.41, 5.74) is -0.469. The molecule has 5 nitrogen and oxygen atoms in total. The number of nitro benzene ring substituents is 1. The number of nitrogens with zero attached hydrogens (tertiary/aromatic N) is 1. The van der Waals surface area contributed by atoms with Crippen molar-refractivity contribution < 1.29 is 14.1 Å². The molecule has 1 aromatic carbocycles. The third-order valence-electron chi connectivity index (χ3n) is 2.24. The van der Waals surface area contributed by atoms with E-state index in [0.29, 0.717) is 9.35 Å². The van der Waals surface area contributed by atoms with Gasteiger partial charge in [0.2, 0.25) is 0 Å². The van der Waals surface area contributed by atoms with Crippen molar-refractivity contribution in [2.24, 2.45) is 0 Å². The van der Waals surface area contributed by atoms with E-state index < -0.39 is 16.6 Å². The molecule has 19 heavy (non-hydrogen) atoms. The molecular formula is C11H6BrFN2O3S. The monoisotopic (exact) mass is 344 g/mol. The zero-order valence-corrected chi connectivity index (χ0v) is 11.6. The molecule has 0 radical (unpaired) electrons. The van der Waals surface area contributed by atoms with Crippen molar-refractivity contribution in [3.63, 3.8) is 0 Å². The number of rotatable bonds is 3. The SMILES string of the molecule is O=C(Nc1ccc([N+](=O)[O-])cc1F)c1sccc1Br. The number of non-ortho nitro benzene ring substituents is 1. The van der Waals surface area contributed by atoms with E-state index in [1.54, 1.807) is 11.4 Å². The van der Waals surface area contributed by atoms with Crippen molar-refractivity contribution in [2.45, 2.75) is 0 Å². The van der Waals surface area contributed by atoms with Gasteiger partial charge in [-0.3, -0.25) is 14.9 Å². The molecule has 0 saturated heterocycles. The molecule has 0 saturated carbocycles. The Hall–Kier alpha value is -1.80. The predicted molar refractivity (Wildman–Crippen MR) is 73.0 cm³/mol. The maximum Gasteiger partial charge on any atom is 0.272 e. The van der Waals surface area contributed by atoms with Crippen molar-refractivity contribution in [2.75, 3.05) is 5.32 Å². The maximum atomic E-state index is 13.6. The first-order chi connectivity index (χ1) is 8.99. The smallest absolute Gasteiger partial charge is 0.272 e. The standard InChI is InChI=1S/C11H6BrFN2O3S/c12-7-3-4-19-10(7)11(16)14-9-2-1-6(15(17)18)5-8(9)13/h1-5H,(H,14,16). The fraction of sp³-hybridized carbons (Fsp3) is 0. The van der Waals surface area contributed by atoms with Crippen LogP contribution in [0.5, 0.6) is 0 Å². The minimum atomic E-state index is -0.852. The van der Waals surface area contributed by atoms with Crippen molar-refractivity contribution in [3.8, 4) is 0 Å². The van der Waals surface area contributed by atoms with Gasteiger partial charge in [0.25, 0.3) is 11.6 Å². The molecule has 1 heterocycles. The van der Waals surface area contributed by atoms with E-state index in [9.17, 15) is 19.3 Å². The minimum absolute atomic E-state index is 0.101. The van der Waals surface area contributed by atoms with Gasteiger partial charge in [-0.15, -0.1) is 11.3 Å². The lowest BCUT2D eigenvalue weighted by Gasteiger charge is -2.05. The molecule has 1 aromatic heterocycles. The summed E-state index contributed by atoms with van der Waals surface area (Å²) >= 11 is 4.40. The highest BCUT2D eigenvalue weighted by Crippen LogP contribution is 2.25. The Morgan fingerprint density at radius 1 is 1.42 bits per heavy atom. The molecular weight excluding hydrogens is 339 g/mol. The zero-order valence-electron chi connectivity index (χ0n) is 9.22. The zero-order chi connectivity index (χ0) is 14.0. The summed E-state index contributed by atoms with van der Waals surface area (Å²) in [5, 5.41) is 14.5. The van der Waals surface area contributed by atoms with Crippen molar-refractivity contribution in [3.05, 3.63) is 54.9 Å². The number of halogens is 2. The fourth-order valence-electron chi connectivity index (χ4n) is 1.35. The number of hydrogen-bond acceptors (Lipinski definition) is 4. The third kappa shape index (κ3) is 2.96. The number of carbonyl (C=O) groups excluding carboxylic acids is 1. The number of carbonyl (C=O) groups is 1. The number of nitrogens with one attached hydrogen (secondary N) is 1. The number of anilines is 1. The summed E-state index contributed by atoms with van der Waals surface area (Å²) in [5.74, 6) is -1.33. The normalized spacial score (nSPS) is 10.2.